The van der Waals surface area contributed by atoms with Gasteiger partial charge in [0.05, 0.1) is 29.1 Å². The van der Waals surface area contributed by atoms with Crippen molar-refractivity contribution in [2.45, 2.75) is 96.6 Å². The number of carbonyl (C=O) groups is 1. The third-order valence-electron chi connectivity index (χ3n) is 8.77. The predicted molar refractivity (Wildman–Crippen MR) is 149 cm³/mol. The van der Waals surface area contributed by atoms with E-state index in [1.165, 1.54) is 0 Å². The molecular weight excluding hydrogens is 477 g/mol. The van der Waals surface area contributed by atoms with Crippen LogP contribution in [-0.2, 0) is 14.0 Å². The van der Waals surface area contributed by atoms with Gasteiger partial charge in [-0.15, -0.1) is 0 Å². The van der Waals surface area contributed by atoms with E-state index in [-0.39, 0.29) is 36.5 Å². The number of aromatic amines is 1. The van der Waals surface area contributed by atoms with Gasteiger partial charge in [0.1, 0.15) is 11.4 Å². The Balaban J connectivity index is 1.25. The first-order chi connectivity index (χ1) is 17.8. The molecule has 1 aliphatic carbocycles. The Labute approximate surface area is 225 Å². The molecule has 7 nitrogen and oxygen atoms in total. The number of hydrogen-bond acceptors (Lipinski definition) is 5. The number of hydrogen-bond donors (Lipinski definition) is 1. The van der Waals surface area contributed by atoms with E-state index < -0.39 is 5.60 Å². The number of ether oxygens (including phenoxy) is 1. The van der Waals surface area contributed by atoms with E-state index in [9.17, 15) is 4.79 Å². The van der Waals surface area contributed by atoms with E-state index in [4.69, 9.17) is 19.0 Å². The molecule has 0 radical (unpaired) electrons. The minimum absolute atomic E-state index is 0.0692. The Bertz CT molecular complexity index is 1380. The predicted octanol–water partition coefficient (Wildman–Crippen LogP) is 5.99. The van der Waals surface area contributed by atoms with Gasteiger partial charge in [0, 0.05) is 11.6 Å². The molecule has 1 N–H and O–H groups in total. The summed E-state index contributed by atoms with van der Waals surface area (Å²) in [7, 11) is -0.381. The van der Waals surface area contributed by atoms with Crippen LogP contribution in [0.2, 0.25) is 0 Å². The molecule has 2 saturated heterocycles. The van der Waals surface area contributed by atoms with Crippen LogP contribution in [0.4, 0.5) is 4.79 Å². The normalized spacial score (nSPS) is 25.9. The van der Waals surface area contributed by atoms with Crippen LogP contribution in [0.25, 0.3) is 22.0 Å². The lowest BCUT2D eigenvalue weighted by Gasteiger charge is -2.35. The van der Waals surface area contributed by atoms with Gasteiger partial charge in [0.25, 0.3) is 0 Å². The second kappa shape index (κ2) is 8.58. The van der Waals surface area contributed by atoms with Crippen molar-refractivity contribution in [2.24, 2.45) is 5.92 Å². The molecule has 1 amide bonds. The molecule has 1 aromatic heterocycles. The second-order valence-electron chi connectivity index (χ2n) is 13.2. The molecule has 3 aromatic rings. The van der Waals surface area contributed by atoms with Crippen molar-refractivity contribution in [3.8, 4) is 11.3 Å². The van der Waals surface area contributed by atoms with Crippen molar-refractivity contribution >= 4 is 29.4 Å². The highest BCUT2D eigenvalue weighted by Crippen LogP contribution is 2.50. The Hall–Kier alpha value is -2.84. The number of likely N-dealkylation sites (tertiary alicyclic amines) is 1. The second-order valence-corrected chi connectivity index (χ2v) is 13.2. The number of H-pyrrole nitrogens is 1. The summed E-state index contributed by atoms with van der Waals surface area (Å²) in [6.45, 7) is 14.0. The number of piperidine rings is 1. The van der Waals surface area contributed by atoms with E-state index in [0.29, 0.717) is 5.92 Å². The van der Waals surface area contributed by atoms with Gasteiger partial charge in [-0.2, -0.15) is 0 Å². The van der Waals surface area contributed by atoms with Gasteiger partial charge < -0.3 is 19.0 Å². The van der Waals surface area contributed by atoms with E-state index >= 15 is 0 Å². The number of nitrogens with one attached hydrogen (secondary N) is 1. The molecule has 2 bridgehead atoms. The Morgan fingerprint density at radius 2 is 1.74 bits per heavy atom. The van der Waals surface area contributed by atoms with Gasteiger partial charge >= 0.3 is 13.2 Å². The number of fused-ring (bicyclic) bond motifs is 3. The summed E-state index contributed by atoms with van der Waals surface area (Å²) >= 11 is 0. The maximum Gasteiger partial charge on any atom is 0.494 e. The van der Waals surface area contributed by atoms with Crippen molar-refractivity contribution < 1.29 is 18.8 Å². The molecule has 6 rings (SSSR count). The molecule has 3 fully saturated rings. The topological polar surface area (TPSA) is 76.7 Å². The van der Waals surface area contributed by atoms with Crippen molar-refractivity contribution in [3.63, 3.8) is 0 Å². The molecule has 2 aliphatic heterocycles. The lowest BCUT2D eigenvalue weighted by molar-refractivity contribution is 0.00578. The van der Waals surface area contributed by atoms with Crippen LogP contribution in [0, 0.1) is 5.92 Å². The maximum absolute atomic E-state index is 13.1. The van der Waals surface area contributed by atoms with E-state index in [0.717, 1.165) is 52.6 Å². The highest BCUT2D eigenvalue weighted by atomic mass is 16.7. The van der Waals surface area contributed by atoms with Gasteiger partial charge in [-0.25, -0.2) is 9.78 Å². The van der Waals surface area contributed by atoms with Crippen LogP contribution in [0.5, 0.6) is 0 Å². The van der Waals surface area contributed by atoms with Crippen LogP contribution >= 0.6 is 0 Å². The van der Waals surface area contributed by atoms with Gasteiger partial charge in [-0.1, -0.05) is 30.3 Å². The monoisotopic (exact) mass is 515 g/mol. The fourth-order valence-corrected chi connectivity index (χ4v) is 6.11. The zero-order valence-corrected chi connectivity index (χ0v) is 23.5. The van der Waals surface area contributed by atoms with Crippen LogP contribution in [0.15, 0.2) is 42.6 Å². The zero-order chi connectivity index (χ0) is 27.0. The van der Waals surface area contributed by atoms with Gasteiger partial charge in [0.2, 0.25) is 0 Å². The van der Waals surface area contributed by atoms with Crippen LogP contribution in [0.1, 0.15) is 79.6 Å². The van der Waals surface area contributed by atoms with Crippen LogP contribution in [0.3, 0.4) is 0 Å². The Morgan fingerprint density at radius 3 is 2.45 bits per heavy atom. The number of aromatic nitrogens is 2. The molecule has 8 heteroatoms. The molecule has 3 aliphatic rings. The Kier molecular flexibility index (Phi) is 5.75. The average molecular weight is 515 g/mol. The first-order valence-electron chi connectivity index (χ1n) is 13.8. The van der Waals surface area contributed by atoms with Crippen molar-refractivity contribution in [1.82, 2.24) is 14.9 Å². The number of carbonyl (C=O) groups excluding carboxylic acids is 1. The largest absolute Gasteiger partial charge is 0.494 e. The molecule has 0 unspecified atom stereocenters. The first-order valence-corrected chi connectivity index (χ1v) is 13.8. The third kappa shape index (κ3) is 4.32. The third-order valence-corrected chi connectivity index (χ3v) is 8.77. The molecule has 0 spiro atoms. The number of benzene rings is 2. The minimum Gasteiger partial charge on any atom is -0.444 e. The Morgan fingerprint density at radius 1 is 1.05 bits per heavy atom. The first kappa shape index (κ1) is 25.4. The van der Waals surface area contributed by atoms with Crippen molar-refractivity contribution in [2.75, 3.05) is 0 Å². The maximum atomic E-state index is 13.1. The standard InChI is InChI=1S/C30H38BN3O4/c1-28(2,3)36-27(35)34-23-13-11-21(16-23)25(34)26-32-17-24(33-26)20-9-8-19-15-22(12-10-18(19)14-20)31-37-29(4,5)30(6,7)38-31/h8-10,12,14-15,17,21,23,25H,11,13,16H2,1-7H3,(H,32,33)/t21-,23+,25-/m0/s1. The average Bonchev–Trinajstić information content (AvgIpc) is 3.60. The molecule has 2 aromatic carbocycles. The van der Waals surface area contributed by atoms with Crippen molar-refractivity contribution in [3.05, 3.63) is 48.4 Å². The summed E-state index contributed by atoms with van der Waals surface area (Å²) in [6, 6.07) is 12.9. The summed E-state index contributed by atoms with van der Waals surface area (Å²) in [5.41, 5.74) is 1.77. The fraction of sp³-hybridized carbons (Fsp3) is 0.533. The molecular formula is C30H38BN3O4. The molecule has 200 valence electrons. The zero-order valence-electron chi connectivity index (χ0n) is 23.5. The number of imidazole rings is 1. The molecule has 3 heterocycles. The number of nitrogens with zero attached hydrogens (tertiary/aromatic N) is 2. The molecule has 1 saturated carbocycles. The van der Waals surface area contributed by atoms with E-state index in [1.807, 2.05) is 31.9 Å². The quantitative estimate of drug-likeness (QED) is 0.434. The number of rotatable bonds is 3. The summed E-state index contributed by atoms with van der Waals surface area (Å²) in [5, 5.41) is 2.26. The summed E-state index contributed by atoms with van der Waals surface area (Å²) in [6.07, 6.45) is 4.81. The van der Waals surface area contributed by atoms with Gasteiger partial charge in [0.15, 0.2) is 0 Å². The van der Waals surface area contributed by atoms with Crippen LogP contribution in [-0.4, -0.2) is 50.9 Å². The van der Waals surface area contributed by atoms with Gasteiger partial charge in [-0.05, 0) is 95.9 Å². The lowest BCUT2D eigenvalue weighted by Crippen LogP contribution is -2.43. The lowest BCUT2D eigenvalue weighted by atomic mass is 9.78. The minimum atomic E-state index is -0.523. The SMILES string of the molecule is CC(C)(C)OC(=O)N1[C@@H]2CC[C@@H](C2)[C@H]1c1ncc(-c2ccc3cc(B4OC(C)(C)C(C)(C)O4)ccc3c2)[nH]1. The highest BCUT2D eigenvalue weighted by molar-refractivity contribution is 6.62. The summed E-state index contributed by atoms with van der Waals surface area (Å²) in [5.74, 6) is 1.26. The van der Waals surface area contributed by atoms with E-state index in [2.05, 4.69) is 69.1 Å². The van der Waals surface area contributed by atoms with Crippen LogP contribution < -0.4 is 5.46 Å². The molecule has 3 atom stereocenters. The molecule has 38 heavy (non-hydrogen) atoms. The smallest absolute Gasteiger partial charge is 0.444 e. The highest BCUT2D eigenvalue weighted by Gasteiger charge is 2.52. The van der Waals surface area contributed by atoms with Crippen molar-refractivity contribution in [1.29, 1.82) is 0 Å². The van der Waals surface area contributed by atoms with Gasteiger partial charge in [-0.3, -0.25) is 4.90 Å². The summed E-state index contributed by atoms with van der Waals surface area (Å²) in [4.78, 5) is 23.3. The number of amides is 1. The fourth-order valence-electron chi connectivity index (χ4n) is 6.11. The summed E-state index contributed by atoms with van der Waals surface area (Å²) < 4.78 is 18.3. The van der Waals surface area contributed by atoms with E-state index in [1.54, 1.807) is 0 Å².